The summed E-state index contributed by atoms with van der Waals surface area (Å²) in [6, 6.07) is 1.26. The van der Waals surface area contributed by atoms with E-state index in [1.165, 1.54) is 18.6 Å². The van der Waals surface area contributed by atoms with Crippen LogP contribution in [-0.2, 0) is 0 Å². The largest absolute Gasteiger partial charge is 0.478 e. The van der Waals surface area contributed by atoms with Gasteiger partial charge in [0.15, 0.2) is 5.82 Å². The normalized spacial score (nSPS) is 10.5. The molecule has 0 atom stereocenters. The van der Waals surface area contributed by atoms with Crippen molar-refractivity contribution >= 4 is 5.97 Å². The second kappa shape index (κ2) is 2.44. The van der Waals surface area contributed by atoms with E-state index >= 15 is 0 Å². The van der Waals surface area contributed by atoms with Crippen LogP contribution in [0.1, 0.15) is 10.4 Å². The Balaban J connectivity index is 2.75. The Hall–Kier alpha value is -2.11. The Morgan fingerprint density at radius 2 is 2.23 bits per heavy atom. The maximum Gasteiger partial charge on any atom is 0.338 e. The van der Waals surface area contributed by atoms with Crippen molar-refractivity contribution < 1.29 is 15.1 Å². The number of fused-ring (bicyclic) bond motifs is 1. The van der Waals surface area contributed by atoms with E-state index in [0.717, 1.165) is 4.73 Å². The molecule has 0 bridgehead atoms. The van der Waals surface area contributed by atoms with Crippen LogP contribution in [0.3, 0.4) is 0 Å². The van der Waals surface area contributed by atoms with Gasteiger partial charge in [0.2, 0.25) is 0 Å². The molecule has 2 rings (SSSR count). The first-order valence-electron chi connectivity index (χ1n) is 3.45. The molecule has 6 heteroatoms. The minimum absolute atomic E-state index is 0.0257. The van der Waals surface area contributed by atoms with Gasteiger partial charge in [-0.15, -0.1) is 0 Å². The first-order valence-corrected chi connectivity index (χ1v) is 3.45. The summed E-state index contributed by atoms with van der Waals surface area (Å²) in [7, 11) is 0. The van der Waals surface area contributed by atoms with Crippen LogP contribution in [-0.4, -0.2) is 31.0 Å². The Morgan fingerprint density at radius 1 is 1.46 bits per heavy atom. The number of hydrogen-bond donors (Lipinski definition) is 2. The number of rotatable bonds is 1. The summed E-state index contributed by atoms with van der Waals surface area (Å²) < 4.78 is 0.731. The minimum Gasteiger partial charge on any atom is -0.478 e. The van der Waals surface area contributed by atoms with Crippen molar-refractivity contribution in [2.75, 3.05) is 0 Å². The smallest absolute Gasteiger partial charge is 0.338 e. The molecule has 2 aliphatic rings. The minimum atomic E-state index is -1.09. The van der Waals surface area contributed by atoms with Gasteiger partial charge in [-0.3, -0.25) is 0 Å². The van der Waals surface area contributed by atoms with Crippen molar-refractivity contribution in [1.29, 1.82) is 0 Å². The van der Waals surface area contributed by atoms with Crippen molar-refractivity contribution in [2.24, 2.45) is 0 Å². The van der Waals surface area contributed by atoms with Gasteiger partial charge in [-0.05, 0) is 6.07 Å². The monoisotopic (exact) mass is 179 g/mol. The van der Waals surface area contributed by atoms with Crippen molar-refractivity contribution in [3.8, 4) is 11.5 Å². The Labute approximate surface area is 72.4 Å². The first kappa shape index (κ1) is 7.53. The van der Waals surface area contributed by atoms with E-state index in [-0.39, 0.29) is 17.1 Å². The van der Waals surface area contributed by atoms with Crippen molar-refractivity contribution in [3.63, 3.8) is 0 Å². The van der Waals surface area contributed by atoms with Crippen molar-refractivity contribution in [1.82, 2.24) is 14.7 Å². The summed E-state index contributed by atoms with van der Waals surface area (Å²) in [4.78, 5) is 18.1. The predicted molar refractivity (Wildman–Crippen MR) is 40.8 cm³/mol. The van der Waals surface area contributed by atoms with Gasteiger partial charge in [-0.2, -0.15) is 4.73 Å². The molecule has 0 radical (unpaired) electrons. The molecule has 0 saturated carbocycles. The number of carboxylic acids is 1. The zero-order valence-electron chi connectivity index (χ0n) is 6.38. The van der Waals surface area contributed by atoms with Gasteiger partial charge in [0, 0.05) is 6.20 Å². The summed E-state index contributed by atoms with van der Waals surface area (Å²) in [6.07, 6.45) is 2.41. The number of carbonyl (C=O) groups is 1. The Morgan fingerprint density at radius 3 is 2.92 bits per heavy atom. The third-order valence-corrected chi connectivity index (χ3v) is 1.66. The number of pyridine rings is 1. The average molecular weight is 179 g/mol. The Kier molecular flexibility index (Phi) is 1.42. The molecule has 13 heavy (non-hydrogen) atoms. The molecule has 2 N–H and O–H groups in total. The second-order valence-corrected chi connectivity index (χ2v) is 2.43. The highest BCUT2D eigenvalue weighted by Crippen LogP contribution is 2.20. The van der Waals surface area contributed by atoms with Gasteiger partial charge in [0.1, 0.15) is 12.0 Å². The molecular weight excluding hydrogens is 174 g/mol. The molecule has 0 unspecified atom stereocenters. The SMILES string of the molecule is O=C(O)c1ccn(O)c2ncnc1-2. The highest BCUT2D eigenvalue weighted by atomic mass is 16.5. The number of hydrogen-bond acceptors (Lipinski definition) is 4. The van der Waals surface area contributed by atoms with Crippen molar-refractivity contribution in [2.45, 2.75) is 0 Å². The van der Waals surface area contributed by atoms with Gasteiger partial charge >= 0.3 is 5.97 Å². The third kappa shape index (κ3) is 0.994. The molecule has 0 saturated heterocycles. The number of aromatic carboxylic acids is 1. The van der Waals surface area contributed by atoms with Crippen LogP contribution < -0.4 is 0 Å². The number of aromatic nitrogens is 3. The molecule has 0 spiro atoms. The molecular formula is C7H5N3O3. The van der Waals surface area contributed by atoms with Crippen LogP contribution in [0, 0.1) is 0 Å². The van der Waals surface area contributed by atoms with Gasteiger partial charge < -0.3 is 10.3 Å². The lowest BCUT2D eigenvalue weighted by atomic mass is 10.2. The first-order chi connectivity index (χ1) is 6.20. The summed E-state index contributed by atoms with van der Waals surface area (Å²) in [5.74, 6) is -0.953. The molecule has 6 nitrogen and oxygen atoms in total. The van der Waals surface area contributed by atoms with E-state index in [0.29, 0.717) is 0 Å². The van der Waals surface area contributed by atoms with Gasteiger partial charge in [-0.25, -0.2) is 14.8 Å². The topological polar surface area (TPSA) is 88.2 Å². The average Bonchev–Trinajstić information content (AvgIpc) is 2.53. The standard InChI is InChI=1S/C7H5N3O3/c11-7(12)4-1-2-10(13)6-5(4)8-3-9-6/h1-3,13H,(H,11,12). The molecule has 2 heterocycles. The summed E-state index contributed by atoms with van der Waals surface area (Å²) >= 11 is 0. The van der Waals surface area contributed by atoms with Crippen LogP contribution in [0.25, 0.3) is 11.5 Å². The highest BCUT2D eigenvalue weighted by Gasteiger charge is 2.18. The molecule has 2 aliphatic heterocycles. The van der Waals surface area contributed by atoms with E-state index in [2.05, 4.69) is 9.97 Å². The van der Waals surface area contributed by atoms with Gasteiger partial charge in [0.25, 0.3) is 0 Å². The van der Waals surface area contributed by atoms with E-state index in [1.807, 2.05) is 0 Å². The summed E-state index contributed by atoms with van der Waals surface area (Å²) in [5, 5.41) is 17.9. The number of carboxylic acid groups (broad SMARTS) is 1. The summed E-state index contributed by atoms with van der Waals surface area (Å²) in [6.45, 7) is 0. The molecule has 0 aromatic heterocycles. The lowest BCUT2D eigenvalue weighted by molar-refractivity contribution is 0.0696. The van der Waals surface area contributed by atoms with Gasteiger partial charge in [-0.1, -0.05) is 0 Å². The van der Waals surface area contributed by atoms with Crippen LogP contribution >= 0.6 is 0 Å². The Bertz CT molecular complexity index is 437. The van der Waals surface area contributed by atoms with E-state index in [9.17, 15) is 10.0 Å². The molecule has 0 aromatic carbocycles. The highest BCUT2D eigenvalue weighted by molar-refractivity contribution is 5.94. The lowest BCUT2D eigenvalue weighted by Gasteiger charge is -2.04. The fraction of sp³-hybridized carbons (Fsp3) is 0. The molecule has 66 valence electrons. The fourth-order valence-corrected chi connectivity index (χ4v) is 1.09. The maximum absolute atomic E-state index is 10.7. The second-order valence-electron chi connectivity index (χ2n) is 2.43. The lowest BCUT2D eigenvalue weighted by Crippen LogP contribution is -2.06. The van der Waals surface area contributed by atoms with Crippen LogP contribution in [0.4, 0.5) is 0 Å². The zero-order valence-corrected chi connectivity index (χ0v) is 6.38. The van der Waals surface area contributed by atoms with Crippen LogP contribution in [0.5, 0.6) is 0 Å². The maximum atomic E-state index is 10.7. The number of nitrogens with zero attached hydrogens (tertiary/aromatic N) is 3. The fourth-order valence-electron chi connectivity index (χ4n) is 1.09. The molecule has 0 aliphatic carbocycles. The zero-order chi connectivity index (χ0) is 9.42. The molecule has 0 amide bonds. The molecule has 0 aromatic rings. The molecule has 0 fully saturated rings. The van der Waals surface area contributed by atoms with E-state index in [1.54, 1.807) is 0 Å². The van der Waals surface area contributed by atoms with Gasteiger partial charge in [0.05, 0.1) is 5.56 Å². The quantitative estimate of drug-likeness (QED) is 0.615. The van der Waals surface area contributed by atoms with Crippen LogP contribution in [0.15, 0.2) is 18.6 Å². The number of imidazole rings is 1. The van der Waals surface area contributed by atoms with E-state index in [4.69, 9.17) is 5.11 Å². The third-order valence-electron chi connectivity index (χ3n) is 1.66. The van der Waals surface area contributed by atoms with Crippen molar-refractivity contribution in [3.05, 3.63) is 24.2 Å². The van der Waals surface area contributed by atoms with Crippen LogP contribution in [0.2, 0.25) is 0 Å². The summed E-state index contributed by atoms with van der Waals surface area (Å²) in [5.41, 5.74) is 0.204. The van der Waals surface area contributed by atoms with E-state index < -0.39 is 5.97 Å². The predicted octanol–water partition coefficient (Wildman–Crippen LogP) is 0.318.